The van der Waals surface area contributed by atoms with Crippen molar-refractivity contribution < 1.29 is 14.6 Å². The lowest BCUT2D eigenvalue weighted by Crippen LogP contribution is -2.32. The van der Waals surface area contributed by atoms with E-state index in [2.05, 4.69) is 0 Å². The van der Waals surface area contributed by atoms with E-state index in [0.29, 0.717) is 11.3 Å². The molecule has 4 heteroatoms. The van der Waals surface area contributed by atoms with E-state index in [1.165, 1.54) is 0 Å². The van der Waals surface area contributed by atoms with Crippen molar-refractivity contribution >= 4 is 5.97 Å². The Balaban J connectivity index is 2.78. The van der Waals surface area contributed by atoms with E-state index in [4.69, 9.17) is 15.1 Å². The van der Waals surface area contributed by atoms with Gasteiger partial charge in [0.1, 0.15) is 5.75 Å². The second-order valence-electron chi connectivity index (χ2n) is 3.76. The lowest BCUT2D eigenvalue weighted by Gasteiger charge is -2.18. The number of aliphatic carboxylic acids is 1. The minimum absolute atomic E-state index is 0.117. The van der Waals surface area contributed by atoms with Crippen LogP contribution in [-0.2, 0) is 4.79 Å². The monoisotopic (exact) mass is 219 g/mol. The second-order valence-corrected chi connectivity index (χ2v) is 3.76. The largest absolute Gasteiger partial charge is 0.478 e. The number of nitrogens with zero attached hydrogens (tertiary/aromatic N) is 1. The molecule has 0 aliphatic heterocycles. The van der Waals surface area contributed by atoms with Crippen LogP contribution >= 0.6 is 0 Å². The van der Waals surface area contributed by atoms with Crippen molar-refractivity contribution in [1.29, 1.82) is 5.26 Å². The molecule has 1 unspecified atom stereocenters. The number of carboxylic acids is 1. The van der Waals surface area contributed by atoms with Gasteiger partial charge in [0.2, 0.25) is 0 Å². The van der Waals surface area contributed by atoms with Crippen molar-refractivity contribution in [1.82, 2.24) is 0 Å². The lowest BCUT2D eigenvalue weighted by atomic mass is 10.1. The van der Waals surface area contributed by atoms with Gasteiger partial charge < -0.3 is 9.84 Å². The van der Waals surface area contributed by atoms with Gasteiger partial charge in [0.15, 0.2) is 6.10 Å². The Morgan fingerprint density at radius 2 is 1.94 bits per heavy atom. The van der Waals surface area contributed by atoms with Crippen LogP contribution in [0, 0.1) is 17.2 Å². The van der Waals surface area contributed by atoms with Crippen LogP contribution in [0.1, 0.15) is 19.4 Å². The van der Waals surface area contributed by atoms with Gasteiger partial charge in [-0.3, -0.25) is 0 Å². The van der Waals surface area contributed by atoms with Crippen LogP contribution in [0.4, 0.5) is 0 Å². The molecule has 1 N–H and O–H groups in total. The average Bonchev–Trinajstić information content (AvgIpc) is 2.25. The summed E-state index contributed by atoms with van der Waals surface area (Å²) in [6.07, 6.45) is -0.868. The van der Waals surface area contributed by atoms with Gasteiger partial charge in [0.05, 0.1) is 11.6 Å². The molecule has 0 spiro atoms. The molecule has 1 atom stereocenters. The van der Waals surface area contributed by atoms with E-state index in [1.807, 2.05) is 6.07 Å². The van der Waals surface area contributed by atoms with Crippen LogP contribution in [0.25, 0.3) is 0 Å². The van der Waals surface area contributed by atoms with E-state index in [1.54, 1.807) is 38.1 Å². The number of hydrogen-bond donors (Lipinski definition) is 1. The summed E-state index contributed by atoms with van der Waals surface area (Å²) in [5.74, 6) is -0.646. The third-order valence-electron chi connectivity index (χ3n) is 2.10. The smallest absolute Gasteiger partial charge is 0.345 e. The Morgan fingerprint density at radius 3 is 2.31 bits per heavy atom. The van der Waals surface area contributed by atoms with Crippen LogP contribution in [-0.4, -0.2) is 17.2 Å². The molecule has 0 saturated carbocycles. The number of carboxylic acid groups (broad SMARTS) is 1. The molecule has 0 aliphatic carbocycles. The minimum Gasteiger partial charge on any atom is -0.478 e. The zero-order chi connectivity index (χ0) is 12.1. The lowest BCUT2D eigenvalue weighted by molar-refractivity contribution is -0.147. The van der Waals surface area contributed by atoms with Gasteiger partial charge >= 0.3 is 5.97 Å². The summed E-state index contributed by atoms with van der Waals surface area (Å²) in [7, 11) is 0. The van der Waals surface area contributed by atoms with E-state index in [0.717, 1.165) is 0 Å². The fourth-order valence-electron chi connectivity index (χ4n) is 1.23. The van der Waals surface area contributed by atoms with Crippen molar-refractivity contribution in [2.75, 3.05) is 0 Å². The maximum absolute atomic E-state index is 10.9. The third kappa shape index (κ3) is 2.99. The maximum atomic E-state index is 10.9. The molecule has 1 rings (SSSR count). The molecule has 0 saturated heterocycles. The predicted octanol–water partition coefficient (Wildman–Crippen LogP) is 2.05. The number of ether oxygens (including phenoxy) is 1. The molecule has 0 heterocycles. The molecule has 16 heavy (non-hydrogen) atoms. The first-order valence-corrected chi connectivity index (χ1v) is 4.94. The third-order valence-corrected chi connectivity index (χ3v) is 2.10. The van der Waals surface area contributed by atoms with Gasteiger partial charge in [-0.2, -0.15) is 5.26 Å². The summed E-state index contributed by atoms with van der Waals surface area (Å²) in [5.41, 5.74) is 0.517. The summed E-state index contributed by atoms with van der Waals surface area (Å²) in [6, 6.07) is 8.35. The first-order chi connectivity index (χ1) is 7.54. The predicted molar refractivity (Wildman–Crippen MR) is 58.0 cm³/mol. The molecular formula is C12H13NO3. The SMILES string of the molecule is CC(C)C(Oc1ccc(C#N)cc1)C(=O)O. The molecule has 1 aromatic rings. The number of carbonyl (C=O) groups is 1. The topological polar surface area (TPSA) is 70.3 Å². The van der Waals surface area contributed by atoms with Crippen molar-refractivity contribution in [2.45, 2.75) is 20.0 Å². The number of benzene rings is 1. The number of rotatable bonds is 4. The fourth-order valence-corrected chi connectivity index (χ4v) is 1.23. The van der Waals surface area contributed by atoms with Gasteiger partial charge in [-0.25, -0.2) is 4.79 Å². The molecule has 0 aromatic heterocycles. The molecule has 1 aromatic carbocycles. The number of hydrogen-bond acceptors (Lipinski definition) is 3. The minimum atomic E-state index is -0.987. The standard InChI is InChI=1S/C12H13NO3/c1-8(2)11(12(14)15)16-10-5-3-9(7-13)4-6-10/h3-6,8,11H,1-2H3,(H,14,15). The van der Waals surface area contributed by atoms with Crippen LogP contribution in [0.2, 0.25) is 0 Å². The molecule has 4 nitrogen and oxygen atoms in total. The zero-order valence-electron chi connectivity index (χ0n) is 9.18. The van der Waals surface area contributed by atoms with Gasteiger partial charge in [0.25, 0.3) is 0 Å². The normalized spacial score (nSPS) is 11.9. The highest BCUT2D eigenvalue weighted by molar-refractivity contribution is 5.73. The van der Waals surface area contributed by atoms with Crippen LogP contribution in [0.5, 0.6) is 5.75 Å². The van der Waals surface area contributed by atoms with E-state index >= 15 is 0 Å². The van der Waals surface area contributed by atoms with E-state index < -0.39 is 12.1 Å². The average molecular weight is 219 g/mol. The highest BCUT2D eigenvalue weighted by Gasteiger charge is 2.23. The van der Waals surface area contributed by atoms with Crippen molar-refractivity contribution in [3.05, 3.63) is 29.8 Å². The van der Waals surface area contributed by atoms with E-state index in [-0.39, 0.29) is 5.92 Å². The molecule has 0 amide bonds. The van der Waals surface area contributed by atoms with Gasteiger partial charge in [-0.15, -0.1) is 0 Å². The molecule has 84 valence electrons. The van der Waals surface area contributed by atoms with Crippen molar-refractivity contribution in [3.8, 4) is 11.8 Å². The summed E-state index contributed by atoms with van der Waals surface area (Å²) >= 11 is 0. The zero-order valence-corrected chi connectivity index (χ0v) is 9.18. The summed E-state index contributed by atoms with van der Waals surface area (Å²) in [4.78, 5) is 10.9. The van der Waals surface area contributed by atoms with Crippen LogP contribution in [0.3, 0.4) is 0 Å². The molecular weight excluding hydrogens is 206 g/mol. The van der Waals surface area contributed by atoms with Crippen LogP contribution < -0.4 is 4.74 Å². The van der Waals surface area contributed by atoms with E-state index in [9.17, 15) is 4.79 Å². The first-order valence-electron chi connectivity index (χ1n) is 4.94. The number of nitriles is 1. The van der Waals surface area contributed by atoms with Gasteiger partial charge in [0, 0.05) is 5.92 Å². The second kappa shape index (κ2) is 5.17. The summed E-state index contributed by atoms with van der Waals surface area (Å²) in [5, 5.41) is 17.5. The maximum Gasteiger partial charge on any atom is 0.345 e. The highest BCUT2D eigenvalue weighted by atomic mass is 16.5. The Morgan fingerprint density at radius 1 is 1.38 bits per heavy atom. The van der Waals surface area contributed by atoms with Crippen molar-refractivity contribution in [3.63, 3.8) is 0 Å². The molecule has 0 bridgehead atoms. The summed E-state index contributed by atoms with van der Waals surface area (Å²) < 4.78 is 5.33. The quantitative estimate of drug-likeness (QED) is 0.841. The Kier molecular flexibility index (Phi) is 3.90. The Labute approximate surface area is 94.1 Å². The van der Waals surface area contributed by atoms with Crippen LogP contribution in [0.15, 0.2) is 24.3 Å². The first kappa shape index (κ1) is 12.1. The molecule has 0 radical (unpaired) electrons. The Hall–Kier alpha value is -2.02. The van der Waals surface area contributed by atoms with Gasteiger partial charge in [-0.05, 0) is 24.3 Å². The highest BCUT2D eigenvalue weighted by Crippen LogP contribution is 2.16. The molecule has 0 aliphatic rings. The van der Waals surface area contributed by atoms with Crippen molar-refractivity contribution in [2.24, 2.45) is 5.92 Å². The van der Waals surface area contributed by atoms with Gasteiger partial charge in [-0.1, -0.05) is 13.8 Å². The Bertz CT molecular complexity index is 403. The molecule has 0 fully saturated rings. The summed E-state index contributed by atoms with van der Waals surface area (Å²) in [6.45, 7) is 3.56. The fraction of sp³-hybridized carbons (Fsp3) is 0.333.